The molecule has 0 aliphatic rings. The minimum Gasteiger partial charge on any atom is -0.397 e. The van der Waals surface area contributed by atoms with Crippen molar-refractivity contribution in [3.63, 3.8) is 0 Å². The highest BCUT2D eigenvalue weighted by Gasteiger charge is 2.04. The number of hydrogen-bond acceptors (Lipinski definition) is 4. The maximum atomic E-state index is 6.18. The fraction of sp³-hybridized carbons (Fsp3) is 0.0667. The van der Waals surface area contributed by atoms with Crippen LogP contribution in [0.5, 0.6) is 0 Å². The number of rotatable bonds is 3. The first-order valence-corrected chi connectivity index (χ1v) is 6.09. The quantitative estimate of drug-likeness (QED) is 0.702. The number of nitrogens with one attached hydrogen (secondary N) is 1. The van der Waals surface area contributed by atoms with Gasteiger partial charge in [0.25, 0.3) is 0 Å². The molecule has 0 saturated carbocycles. The van der Waals surface area contributed by atoms with Crippen molar-refractivity contribution < 1.29 is 0 Å². The molecule has 0 aliphatic carbocycles. The van der Waals surface area contributed by atoms with E-state index in [0.717, 1.165) is 27.7 Å². The summed E-state index contributed by atoms with van der Waals surface area (Å²) in [7, 11) is 0. The van der Waals surface area contributed by atoms with Gasteiger partial charge in [0.1, 0.15) is 0 Å². The van der Waals surface area contributed by atoms with Crippen molar-refractivity contribution in [3.8, 4) is 0 Å². The van der Waals surface area contributed by atoms with Gasteiger partial charge in [-0.1, -0.05) is 12.1 Å². The summed E-state index contributed by atoms with van der Waals surface area (Å²) in [6.07, 6.45) is 7.18. The van der Waals surface area contributed by atoms with Crippen LogP contribution in [-0.4, -0.2) is 9.97 Å². The third kappa shape index (κ3) is 2.33. The van der Waals surface area contributed by atoms with Crippen molar-refractivity contribution in [2.75, 3.05) is 11.1 Å². The average molecular weight is 250 g/mol. The van der Waals surface area contributed by atoms with Crippen molar-refractivity contribution in [1.82, 2.24) is 9.97 Å². The van der Waals surface area contributed by atoms with Crippen LogP contribution in [0.1, 0.15) is 5.56 Å². The maximum Gasteiger partial charge on any atom is 0.0630 e. The summed E-state index contributed by atoms with van der Waals surface area (Å²) < 4.78 is 0. The second-order valence-corrected chi connectivity index (χ2v) is 4.34. The van der Waals surface area contributed by atoms with Crippen LogP contribution in [0, 0.1) is 0 Å². The van der Waals surface area contributed by atoms with E-state index < -0.39 is 0 Å². The Bertz CT molecular complexity index is 695. The van der Waals surface area contributed by atoms with E-state index in [-0.39, 0.29) is 0 Å². The van der Waals surface area contributed by atoms with Gasteiger partial charge in [0, 0.05) is 42.1 Å². The Morgan fingerprint density at radius 3 is 2.74 bits per heavy atom. The Hall–Kier alpha value is -2.62. The third-order valence-electron chi connectivity index (χ3n) is 3.07. The lowest BCUT2D eigenvalue weighted by Crippen LogP contribution is -2.03. The molecule has 0 spiro atoms. The van der Waals surface area contributed by atoms with Crippen LogP contribution in [0.4, 0.5) is 11.4 Å². The van der Waals surface area contributed by atoms with Crippen LogP contribution in [0.3, 0.4) is 0 Å². The number of anilines is 2. The summed E-state index contributed by atoms with van der Waals surface area (Å²) in [4.78, 5) is 8.18. The van der Waals surface area contributed by atoms with Crippen molar-refractivity contribution in [3.05, 3.63) is 60.7 Å². The molecule has 0 fully saturated rings. The molecule has 0 aliphatic heterocycles. The zero-order chi connectivity index (χ0) is 13.1. The smallest absolute Gasteiger partial charge is 0.0630 e. The second kappa shape index (κ2) is 4.94. The van der Waals surface area contributed by atoms with Gasteiger partial charge < -0.3 is 11.1 Å². The molecule has 2 heterocycles. The Kier molecular flexibility index (Phi) is 2.98. The summed E-state index contributed by atoms with van der Waals surface area (Å²) in [6, 6.07) is 9.88. The van der Waals surface area contributed by atoms with E-state index in [1.165, 1.54) is 0 Å². The molecule has 0 bridgehead atoms. The fourth-order valence-electron chi connectivity index (χ4n) is 2.05. The molecular formula is C15H14N4. The molecular weight excluding hydrogens is 236 g/mol. The summed E-state index contributed by atoms with van der Waals surface area (Å²) in [6.45, 7) is 0.703. The molecule has 94 valence electrons. The van der Waals surface area contributed by atoms with E-state index >= 15 is 0 Å². The molecule has 4 nitrogen and oxygen atoms in total. The molecule has 0 atom stereocenters. The molecule has 2 aromatic heterocycles. The lowest BCUT2D eigenvalue weighted by molar-refractivity contribution is 1.11. The van der Waals surface area contributed by atoms with Gasteiger partial charge in [-0.25, -0.2) is 0 Å². The largest absolute Gasteiger partial charge is 0.397 e. The first-order valence-electron chi connectivity index (χ1n) is 6.09. The molecule has 1 aromatic carbocycles. The minimum absolute atomic E-state index is 0.703. The zero-order valence-electron chi connectivity index (χ0n) is 10.4. The number of pyridine rings is 2. The molecule has 4 heteroatoms. The van der Waals surface area contributed by atoms with Crippen LogP contribution in [0.25, 0.3) is 10.8 Å². The maximum absolute atomic E-state index is 6.18. The standard InChI is InChI=1S/C15H14N4/c16-15-13-5-7-18-10-12(13)3-4-14(15)19-9-11-2-1-6-17-8-11/h1-8,10,19H,9,16H2. The number of aromatic nitrogens is 2. The Morgan fingerprint density at radius 1 is 1.00 bits per heavy atom. The number of benzene rings is 1. The van der Waals surface area contributed by atoms with Gasteiger partial charge in [-0.15, -0.1) is 0 Å². The van der Waals surface area contributed by atoms with Crippen molar-refractivity contribution >= 4 is 22.1 Å². The lowest BCUT2D eigenvalue weighted by Gasteiger charge is -2.11. The normalized spacial score (nSPS) is 10.5. The Morgan fingerprint density at radius 2 is 1.89 bits per heavy atom. The van der Waals surface area contributed by atoms with E-state index in [1.807, 2.05) is 42.7 Å². The van der Waals surface area contributed by atoms with E-state index in [4.69, 9.17) is 5.73 Å². The van der Waals surface area contributed by atoms with Gasteiger partial charge in [-0.3, -0.25) is 9.97 Å². The molecule has 0 saturated heterocycles. The highest BCUT2D eigenvalue weighted by molar-refractivity contribution is 5.98. The first kappa shape index (κ1) is 11.5. The lowest BCUT2D eigenvalue weighted by atomic mass is 10.1. The van der Waals surface area contributed by atoms with Crippen LogP contribution < -0.4 is 11.1 Å². The predicted octanol–water partition coefficient (Wildman–Crippen LogP) is 2.82. The van der Waals surface area contributed by atoms with Gasteiger partial charge in [0.05, 0.1) is 11.4 Å². The van der Waals surface area contributed by atoms with E-state index in [0.29, 0.717) is 6.54 Å². The number of nitrogens with zero attached hydrogens (tertiary/aromatic N) is 2. The summed E-state index contributed by atoms with van der Waals surface area (Å²) in [5, 5.41) is 5.40. The van der Waals surface area contributed by atoms with Crippen molar-refractivity contribution in [2.24, 2.45) is 0 Å². The van der Waals surface area contributed by atoms with Gasteiger partial charge >= 0.3 is 0 Å². The van der Waals surface area contributed by atoms with Crippen LogP contribution in [0.15, 0.2) is 55.1 Å². The molecule has 3 N–H and O–H groups in total. The van der Waals surface area contributed by atoms with E-state index in [1.54, 1.807) is 12.4 Å². The Balaban J connectivity index is 1.87. The average Bonchev–Trinajstić information content (AvgIpc) is 2.48. The predicted molar refractivity (Wildman–Crippen MR) is 77.7 cm³/mol. The highest BCUT2D eigenvalue weighted by Crippen LogP contribution is 2.28. The van der Waals surface area contributed by atoms with Gasteiger partial charge in [0.15, 0.2) is 0 Å². The van der Waals surface area contributed by atoms with Crippen molar-refractivity contribution in [2.45, 2.75) is 6.54 Å². The SMILES string of the molecule is Nc1c(NCc2cccnc2)ccc2cnccc12. The van der Waals surface area contributed by atoms with Crippen LogP contribution in [0.2, 0.25) is 0 Å². The second-order valence-electron chi connectivity index (χ2n) is 4.34. The van der Waals surface area contributed by atoms with E-state index in [9.17, 15) is 0 Å². The molecule has 0 unspecified atom stereocenters. The summed E-state index contributed by atoms with van der Waals surface area (Å²) >= 11 is 0. The molecule has 3 rings (SSSR count). The topological polar surface area (TPSA) is 63.8 Å². The molecule has 19 heavy (non-hydrogen) atoms. The number of nitrogen functional groups attached to an aromatic ring is 1. The molecule has 3 aromatic rings. The third-order valence-corrected chi connectivity index (χ3v) is 3.07. The Labute approximate surface area is 111 Å². The zero-order valence-corrected chi connectivity index (χ0v) is 10.4. The number of hydrogen-bond donors (Lipinski definition) is 2. The molecule has 0 amide bonds. The number of nitrogens with two attached hydrogens (primary N) is 1. The van der Waals surface area contributed by atoms with Gasteiger partial charge in [0.2, 0.25) is 0 Å². The first-order chi connectivity index (χ1) is 9.34. The molecule has 0 radical (unpaired) electrons. The fourth-order valence-corrected chi connectivity index (χ4v) is 2.05. The summed E-state index contributed by atoms with van der Waals surface area (Å²) in [5.41, 5.74) is 8.99. The summed E-state index contributed by atoms with van der Waals surface area (Å²) in [5.74, 6) is 0. The van der Waals surface area contributed by atoms with E-state index in [2.05, 4.69) is 15.3 Å². The highest BCUT2D eigenvalue weighted by atomic mass is 14.9. The number of fused-ring (bicyclic) bond motifs is 1. The van der Waals surface area contributed by atoms with Gasteiger partial charge in [-0.2, -0.15) is 0 Å². The van der Waals surface area contributed by atoms with Crippen LogP contribution >= 0.6 is 0 Å². The minimum atomic E-state index is 0.703. The van der Waals surface area contributed by atoms with Crippen molar-refractivity contribution in [1.29, 1.82) is 0 Å². The monoisotopic (exact) mass is 250 g/mol. The van der Waals surface area contributed by atoms with Crippen LogP contribution in [-0.2, 0) is 6.54 Å². The van der Waals surface area contributed by atoms with Gasteiger partial charge in [-0.05, 0) is 23.8 Å².